The summed E-state index contributed by atoms with van der Waals surface area (Å²) in [7, 11) is 0. The third-order valence-corrected chi connectivity index (χ3v) is 2.87. The first-order chi connectivity index (χ1) is 9.78. The van der Waals surface area contributed by atoms with E-state index in [1.165, 1.54) is 12.1 Å². The minimum atomic E-state index is -0.285. The highest BCUT2D eigenvalue weighted by Gasteiger charge is 2.08. The van der Waals surface area contributed by atoms with Gasteiger partial charge >= 0.3 is 0 Å². The maximum absolute atomic E-state index is 12.9. The molecule has 1 aromatic carbocycles. The Morgan fingerprint density at radius 1 is 1.10 bits per heavy atom. The molecule has 0 radical (unpaired) electrons. The molecule has 0 aliphatic heterocycles. The van der Waals surface area contributed by atoms with Crippen LogP contribution in [0.4, 0.5) is 4.39 Å². The molecule has 4 nitrogen and oxygen atoms in total. The average Bonchev–Trinajstić information content (AvgIpc) is 2.97. The van der Waals surface area contributed by atoms with Crippen LogP contribution in [0.1, 0.15) is 5.69 Å². The summed E-state index contributed by atoms with van der Waals surface area (Å²) in [6.07, 6.45) is 3.31. The lowest BCUT2D eigenvalue weighted by molar-refractivity contribution is 0.628. The molecular formula is C15H9FN4. The van der Waals surface area contributed by atoms with Gasteiger partial charge in [0, 0.05) is 18.0 Å². The summed E-state index contributed by atoms with van der Waals surface area (Å²) < 4.78 is 14.5. The second kappa shape index (κ2) is 4.94. The summed E-state index contributed by atoms with van der Waals surface area (Å²) in [5, 5.41) is 13.4. The van der Waals surface area contributed by atoms with E-state index in [-0.39, 0.29) is 5.82 Å². The molecule has 0 atom stereocenters. The molecule has 2 aromatic heterocycles. The van der Waals surface area contributed by atoms with E-state index >= 15 is 0 Å². The van der Waals surface area contributed by atoms with Crippen LogP contribution in [0.5, 0.6) is 0 Å². The van der Waals surface area contributed by atoms with Gasteiger partial charge in [-0.2, -0.15) is 10.4 Å². The highest BCUT2D eigenvalue weighted by Crippen LogP contribution is 2.19. The van der Waals surface area contributed by atoms with Crippen LogP contribution in [0.25, 0.3) is 16.9 Å². The van der Waals surface area contributed by atoms with E-state index < -0.39 is 0 Å². The molecule has 0 fully saturated rings. The maximum atomic E-state index is 12.9. The molecule has 0 saturated carbocycles. The van der Waals surface area contributed by atoms with E-state index in [2.05, 4.69) is 10.1 Å². The molecule has 0 saturated heterocycles. The number of pyridine rings is 1. The Balaban J connectivity index is 2.02. The lowest BCUT2D eigenvalue weighted by atomic mass is 10.1. The van der Waals surface area contributed by atoms with Crippen molar-refractivity contribution in [3.63, 3.8) is 0 Å². The van der Waals surface area contributed by atoms with Crippen molar-refractivity contribution in [1.82, 2.24) is 14.8 Å². The first-order valence-electron chi connectivity index (χ1n) is 5.95. The molecule has 3 rings (SSSR count). The SMILES string of the molecule is N#Cc1ncccc1-n1ccc(-c2ccc(F)cc2)n1. The summed E-state index contributed by atoms with van der Waals surface area (Å²) in [5.74, 6) is -0.285. The van der Waals surface area contributed by atoms with Crippen LogP contribution >= 0.6 is 0 Å². The minimum Gasteiger partial charge on any atom is -0.243 e. The van der Waals surface area contributed by atoms with Crippen molar-refractivity contribution in [1.29, 1.82) is 5.26 Å². The molecule has 0 spiro atoms. The Labute approximate surface area is 114 Å². The molecule has 0 aliphatic rings. The van der Waals surface area contributed by atoms with Crippen LogP contribution in [0.3, 0.4) is 0 Å². The quantitative estimate of drug-likeness (QED) is 0.715. The first kappa shape index (κ1) is 12.1. The zero-order valence-corrected chi connectivity index (χ0v) is 10.4. The van der Waals surface area contributed by atoms with E-state index in [1.807, 2.05) is 6.07 Å². The summed E-state index contributed by atoms with van der Waals surface area (Å²) >= 11 is 0. The molecular weight excluding hydrogens is 255 g/mol. The largest absolute Gasteiger partial charge is 0.243 e. The summed E-state index contributed by atoms with van der Waals surface area (Å²) in [4.78, 5) is 4.00. The fraction of sp³-hybridized carbons (Fsp3) is 0. The van der Waals surface area contributed by atoms with Crippen molar-refractivity contribution < 1.29 is 4.39 Å². The smallest absolute Gasteiger partial charge is 0.166 e. The van der Waals surface area contributed by atoms with Crippen LogP contribution in [0.15, 0.2) is 54.9 Å². The van der Waals surface area contributed by atoms with Gasteiger partial charge < -0.3 is 0 Å². The van der Waals surface area contributed by atoms with Crippen LogP contribution in [0, 0.1) is 17.1 Å². The molecule has 0 amide bonds. The average molecular weight is 264 g/mol. The Morgan fingerprint density at radius 3 is 2.65 bits per heavy atom. The van der Waals surface area contributed by atoms with Crippen molar-refractivity contribution in [2.45, 2.75) is 0 Å². The van der Waals surface area contributed by atoms with E-state index in [0.29, 0.717) is 17.1 Å². The van der Waals surface area contributed by atoms with Gasteiger partial charge in [-0.1, -0.05) is 0 Å². The molecule has 2 heterocycles. The third kappa shape index (κ3) is 2.15. The highest BCUT2D eigenvalue weighted by atomic mass is 19.1. The fourth-order valence-electron chi connectivity index (χ4n) is 1.90. The lowest BCUT2D eigenvalue weighted by Crippen LogP contribution is -1.99. The van der Waals surface area contributed by atoms with Gasteiger partial charge in [0.05, 0.1) is 5.69 Å². The van der Waals surface area contributed by atoms with Crippen molar-refractivity contribution in [2.24, 2.45) is 0 Å². The van der Waals surface area contributed by atoms with Crippen molar-refractivity contribution in [2.75, 3.05) is 0 Å². The molecule has 3 aromatic rings. The summed E-state index contributed by atoms with van der Waals surface area (Å²) in [6.45, 7) is 0. The Hall–Kier alpha value is -3.00. The monoisotopic (exact) mass is 264 g/mol. The normalized spacial score (nSPS) is 10.2. The number of aromatic nitrogens is 3. The number of nitriles is 1. The van der Waals surface area contributed by atoms with Gasteiger partial charge in [-0.25, -0.2) is 14.1 Å². The summed E-state index contributed by atoms with van der Waals surface area (Å²) in [5.41, 5.74) is 2.44. The van der Waals surface area contributed by atoms with Crippen LogP contribution in [-0.2, 0) is 0 Å². The van der Waals surface area contributed by atoms with Crippen molar-refractivity contribution in [3.8, 4) is 23.0 Å². The molecule has 0 aliphatic carbocycles. The van der Waals surface area contributed by atoms with Gasteiger partial charge in [0.2, 0.25) is 0 Å². The first-order valence-corrected chi connectivity index (χ1v) is 5.95. The zero-order chi connectivity index (χ0) is 13.9. The second-order valence-corrected chi connectivity index (χ2v) is 4.14. The number of rotatable bonds is 2. The molecule has 0 bridgehead atoms. The van der Waals surface area contributed by atoms with Gasteiger partial charge in [-0.15, -0.1) is 0 Å². The molecule has 20 heavy (non-hydrogen) atoms. The Bertz CT molecular complexity index is 784. The van der Waals surface area contributed by atoms with E-state index in [1.54, 1.807) is 47.4 Å². The number of benzene rings is 1. The van der Waals surface area contributed by atoms with Crippen LogP contribution < -0.4 is 0 Å². The van der Waals surface area contributed by atoms with Gasteiger partial charge in [-0.05, 0) is 42.5 Å². The lowest BCUT2D eigenvalue weighted by Gasteiger charge is -2.02. The third-order valence-electron chi connectivity index (χ3n) is 2.87. The van der Waals surface area contributed by atoms with Gasteiger partial charge in [0.1, 0.15) is 17.6 Å². The predicted octanol–water partition coefficient (Wildman–Crippen LogP) is 2.95. The van der Waals surface area contributed by atoms with Crippen molar-refractivity contribution in [3.05, 3.63) is 66.4 Å². The van der Waals surface area contributed by atoms with Gasteiger partial charge in [0.15, 0.2) is 5.69 Å². The number of halogens is 1. The molecule has 0 unspecified atom stereocenters. The highest BCUT2D eigenvalue weighted by molar-refractivity contribution is 5.59. The van der Waals surface area contributed by atoms with Gasteiger partial charge in [-0.3, -0.25) is 0 Å². The maximum Gasteiger partial charge on any atom is 0.166 e. The Morgan fingerprint density at radius 2 is 1.90 bits per heavy atom. The topological polar surface area (TPSA) is 54.5 Å². The molecule has 96 valence electrons. The molecule has 5 heteroatoms. The van der Waals surface area contributed by atoms with Crippen molar-refractivity contribution >= 4 is 0 Å². The van der Waals surface area contributed by atoms with E-state index in [4.69, 9.17) is 5.26 Å². The Kier molecular flexibility index (Phi) is 2.98. The predicted molar refractivity (Wildman–Crippen MR) is 71.5 cm³/mol. The number of nitrogens with zero attached hydrogens (tertiary/aromatic N) is 4. The standard InChI is InChI=1S/C15H9FN4/c16-12-5-3-11(4-6-12)13-7-9-20(19-13)15-2-1-8-18-14(15)10-17/h1-9H. The zero-order valence-electron chi connectivity index (χ0n) is 10.4. The van der Waals surface area contributed by atoms with Crippen LogP contribution in [0.2, 0.25) is 0 Å². The number of hydrogen-bond acceptors (Lipinski definition) is 3. The van der Waals surface area contributed by atoms with Crippen LogP contribution in [-0.4, -0.2) is 14.8 Å². The summed E-state index contributed by atoms with van der Waals surface area (Å²) in [6, 6.07) is 13.5. The second-order valence-electron chi connectivity index (χ2n) is 4.14. The fourth-order valence-corrected chi connectivity index (χ4v) is 1.90. The van der Waals surface area contributed by atoms with E-state index in [9.17, 15) is 4.39 Å². The minimum absolute atomic E-state index is 0.285. The number of hydrogen-bond donors (Lipinski definition) is 0. The van der Waals surface area contributed by atoms with Gasteiger partial charge in [0.25, 0.3) is 0 Å². The van der Waals surface area contributed by atoms with E-state index in [0.717, 1.165) is 5.56 Å². The molecule has 0 N–H and O–H groups in total.